The summed E-state index contributed by atoms with van der Waals surface area (Å²) in [5.41, 5.74) is 6.56. The standard InChI is InChI=1S/C10H11BrClNO2/c1-15-10(14)5-9(13)7-3-2-6(11)4-8(7)12/h2-4,9H,5,13H2,1H3. The minimum absolute atomic E-state index is 0.123. The highest BCUT2D eigenvalue weighted by Crippen LogP contribution is 2.26. The van der Waals surface area contributed by atoms with Crippen LogP contribution in [0.4, 0.5) is 0 Å². The molecular formula is C10H11BrClNO2. The number of rotatable bonds is 3. The Morgan fingerprint density at radius 1 is 1.67 bits per heavy atom. The van der Waals surface area contributed by atoms with Gasteiger partial charge in [-0.1, -0.05) is 33.6 Å². The molecule has 0 amide bonds. The molecular weight excluding hydrogens is 281 g/mol. The van der Waals surface area contributed by atoms with Crippen molar-refractivity contribution in [1.82, 2.24) is 0 Å². The molecule has 0 heterocycles. The van der Waals surface area contributed by atoms with Crippen LogP contribution in [0.25, 0.3) is 0 Å². The molecule has 0 aliphatic carbocycles. The van der Waals surface area contributed by atoms with Crippen LogP contribution in [-0.4, -0.2) is 13.1 Å². The van der Waals surface area contributed by atoms with Crippen LogP contribution in [0.15, 0.2) is 22.7 Å². The van der Waals surface area contributed by atoms with Gasteiger partial charge in [0.15, 0.2) is 0 Å². The Morgan fingerprint density at radius 3 is 2.87 bits per heavy atom. The van der Waals surface area contributed by atoms with Crippen LogP contribution < -0.4 is 5.73 Å². The van der Waals surface area contributed by atoms with Gasteiger partial charge in [0, 0.05) is 15.5 Å². The van der Waals surface area contributed by atoms with E-state index in [4.69, 9.17) is 17.3 Å². The third-order valence-corrected chi connectivity index (χ3v) is 2.80. The Balaban J connectivity index is 2.82. The second-order valence-corrected chi connectivity index (χ2v) is 4.38. The maximum Gasteiger partial charge on any atom is 0.307 e. The van der Waals surface area contributed by atoms with Gasteiger partial charge in [0.05, 0.1) is 13.5 Å². The van der Waals surface area contributed by atoms with Crippen LogP contribution in [0.2, 0.25) is 5.02 Å². The average molecular weight is 293 g/mol. The number of hydrogen-bond acceptors (Lipinski definition) is 3. The molecule has 0 aromatic heterocycles. The molecule has 2 N–H and O–H groups in total. The first-order valence-electron chi connectivity index (χ1n) is 4.32. The van der Waals surface area contributed by atoms with Gasteiger partial charge in [0.25, 0.3) is 0 Å². The van der Waals surface area contributed by atoms with Crippen molar-refractivity contribution >= 4 is 33.5 Å². The van der Waals surface area contributed by atoms with Crippen molar-refractivity contribution in [1.29, 1.82) is 0 Å². The smallest absolute Gasteiger partial charge is 0.307 e. The summed E-state index contributed by atoms with van der Waals surface area (Å²) in [5.74, 6) is -0.346. The molecule has 1 aromatic rings. The number of halogens is 2. The first kappa shape index (κ1) is 12.5. The lowest BCUT2D eigenvalue weighted by molar-refractivity contribution is -0.141. The molecule has 0 fully saturated rings. The number of nitrogens with two attached hydrogens (primary N) is 1. The lowest BCUT2D eigenvalue weighted by Gasteiger charge is -2.12. The van der Waals surface area contributed by atoms with Gasteiger partial charge in [0.1, 0.15) is 0 Å². The molecule has 82 valence electrons. The normalized spacial score (nSPS) is 12.3. The number of ether oxygens (including phenoxy) is 1. The topological polar surface area (TPSA) is 52.3 Å². The second kappa shape index (κ2) is 5.49. The number of carbonyl (C=O) groups excluding carboxylic acids is 1. The zero-order valence-corrected chi connectivity index (χ0v) is 10.5. The number of methoxy groups -OCH3 is 1. The molecule has 0 aliphatic rings. The van der Waals surface area contributed by atoms with E-state index in [-0.39, 0.29) is 12.4 Å². The molecule has 0 aliphatic heterocycles. The second-order valence-electron chi connectivity index (χ2n) is 3.05. The number of hydrogen-bond donors (Lipinski definition) is 1. The molecule has 0 saturated heterocycles. The Bertz CT molecular complexity index is 370. The van der Waals surface area contributed by atoms with Crippen LogP contribution in [-0.2, 0) is 9.53 Å². The summed E-state index contributed by atoms with van der Waals surface area (Å²) in [5, 5.41) is 0.542. The lowest BCUT2D eigenvalue weighted by Crippen LogP contribution is -2.16. The molecule has 0 saturated carbocycles. The summed E-state index contributed by atoms with van der Waals surface area (Å²) in [4.78, 5) is 11.0. The summed E-state index contributed by atoms with van der Waals surface area (Å²) in [6, 6.07) is 4.94. The van der Waals surface area contributed by atoms with Gasteiger partial charge in [-0.05, 0) is 17.7 Å². The molecule has 1 atom stereocenters. The van der Waals surface area contributed by atoms with Crippen molar-refractivity contribution in [3.05, 3.63) is 33.3 Å². The molecule has 1 unspecified atom stereocenters. The highest BCUT2D eigenvalue weighted by molar-refractivity contribution is 9.10. The van der Waals surface area contributed by atoms with Gasteiger partial charge in [-0.15, -0.1) is 0 Å². The van der Waals surface area contributed by atoms with Crippen LogP contribution in [0.5, 0.6) is 0 Å². The van der Waals surface area contributed by atoms with Crippen LogP contribution in [0, 0.1) is 0 Å². The molecule has 0 radical (unpaired) electrons. The lowest BCUT2D eigenvalue weighted by atomic mass is 10.1. The van der Waals surface area contributed by atoms with E-state index < -0.39 is 6.04 Å². The monoisotopic (exact) mass is 291 g/mol. The maximum absolute atomic E-state index is 11.0. The molecule has 0 bridgehead atoms. The largest absolute Gasteiger partial charge is 0.469 e. The molecule has 0 spiro atoms. The zero-order chi connectivity index (χ0) is 11.4. The Kier molecular flexibility index (Phi) is 4.57. The zero-order valence-electron chi connectivity index (χ0n) is 8.17. The molecule has 5 heteroatoms. The number of benzene rings is 1. The molecule has 15 heavy (non-hydrogen) atoms. The van der Waals surface area contributed by atoms with Gasteiger partial charge in [-0.3, -0.25) is 4.79 Å². The highest BCUT2D eigenvalue weighted by Gasteiger charge is 2.14. The van der Waals surface area contributed by atoms with Gasteiger partial charge in [-0.2, -0.15) is 0 Å². The van der Waals surface area contributed by atoms with Crippen molar-refractivity contribution in [3.63, 3.8) is 0 Å². The molecule has 1 rings (SSSR count). The first-order valence-corrected chi connectivity index (χ1v) is 5.49. The van der Waals surface area contributed by atoms with Gasteiger partial charge in [0.2, 0.25) is 0 Å². The fraction of sp³-hybridized carbons (Fsp3) is 0.300. The van der Waals surface area contributed by atoms with Crippen molar-refractivity contribution in [2.24, 2.45) is 5.73 Å². The van der Waals surface area contributed by atoms with Crippen LogP contribution >= 0.6 is 27.5 Å². The third kappa shape index (κ3) is 3.48. The van der Waals surface area contributed by atoms with E-state index in [0.29, 0.717) is 5.02 Å². The summed E-state index contributed by atoms with van der Waals surface area (Å²) < 4.78 is 5.41. The Morgan fingerprint density at radius 2 is 2.33 bits per heavy atom. The van der Waals surface area contributed by atoms with Gasteiger partial charge in [-0.25, -0.2) is 0 Å². The van der Waals surface area contributed by atoms with Crippen LogP contribution in [0.1, 0.15) is 18.0 Å². The quantitative estimate of drug-likeness (QED) is 0.871. The van der Waals surface area contributed by atoms with Gasteiger partial charge >= 0.3 is 5.97 Å². The number of carbonyl (C=O) groups is 1. The molecule has 3 nitrogen and oxygen atoms in total. The Hall–Kier alpha value is -0.580. The van der Waals surface area contributed by atoms with Gasteiger partial charge < -0.3 is 10.5 Å². The van der Waals surface area contributed by atoms with E-state index >= 15 is 0 Å². The van der Waals surface area contributed by atoms with Crippen molar-refractivity contribution in [3.8, 4) is 0 Å². The van der Waals surface area contributed by atoms with Crippen molar-refractivity contribution in [2.45, 2.75) is 12.5 Å². The van der Waals surface area contributed by atoms with E-state index in [0.717, 1.165) is 10.0 Å². The predicted molar refractivity (Wildman–Crippen MR) is 62.7 cm³/mol. The minimum Gasteiger partial charge on any atom is -0.469 e. The van der Waals surface area contributed by atoms with Crippen molar-refractivity contribution in [2.75, 3.05) is 7.11 Å². The summed E-state index contributed by atoms with van der Waals surface area (Å²) >= 11 is 9.28. The van der Waals surface area contributed by atoms with E-state index in [2.05, 4.69) is 20.7 Å². The summed E-state index contributed by atoms with van der Waals surface area (Å²) in [7, 11) is 1.33. The fourth-order valence-electron chi connectivity index (χ4n) is 1.18. The highest BCUT2D eigenvalue weighted by atomic mass is 79.9. The van der Waals surface area contributed by atoms with E-state index in [1.54, 1.807) is 12.1 Å². The molecule has 1 aromatic carbocycles. The van der Waals surface area contributed by atoms with E-state index in [9.17, 15) is 4.79 Å². The SMILES string of the molecule is COC(=O)CC(N)c1ccc(Br)cc1Cl. The average Bonchev–Trinajstić information content (AvgIpc) is 2.17. The summed E-state index contributed by atoms with van der Waals surface area (Å²) in [6.07, 6.45) is 0.123. The maximum atomic E-state index is 11.0. The first-order chi connectivity index (χ1) is 7.04. The number of esters is 1. The third-order valence-electron chi connectivity index (χ3n) is 1.98. The van der Waals surface area contributed by atoms with Crippen LogP contribution in [0.3, 0.4) is 0 Å². The minimum atomic E-state index is -0.432. The van der Waals surface area contributed by atoms with Crippen molar-refractivity contribution < 1.29 is 9.53 Å². The predicted octanol–water partition coefficient (Wildman–Crippen LogP) is 2.67. The summed E-state index contributed by atoms with van der Waals surface area (Å²) in [6.45, 7) is 0. The van der Waals surface area contributed by atoms with E-state index in [1.807, 2.05) is 6.07 Å². The fourth-order valence-corrected chi connectivity index (χ4v) is 1.99. The van der Waals surface area contributed by atoms with E-state index in [1.165, 1.54) is 7.11 Å². The Labute approximate surface area is 102 Å².